The molecule has 0 saturated carbocycles. The van der Waals surface area contributed by atoms with Gasteiger partial charge in [0.2, 0.25) is 0 Å². The molecule has 28 heavy (non-hydrogen) atoms. The van der Waals surface area contributed by atoms with E-state index in [1.54, 1.807) is 0 Å². The number of aryl methyl sites for hydroxylation is 2. The zero-order chi connectivity index (χ0) is 19.3. The molecule has 2 amide bonds. The first kappa shape index (κ1) is 19.7. The van der Waals surface area contributed by atoms with Crippen molar-refractivity contribution in [2.45, 2.75) is 64.0 Å². The van der Waals surface area contributed by atoms with E-state index in [4.69, 9.17) is 4.74 Å². The first-order valence-electron chi connectivity index (χ1n) is 11.2. The molecule has 2 fully saturated rings. The van der Waals surface area contributed by atoms with Crippen molar-refractivity contribution in [1.29, 1.82) is 0 Å². The van der Waals surface area contributed by atoms with E-state index in [-0.39, 0.29) is 12.1 Å². The Morgan fingerprint density at radius 3 is 2.68 bits per heavy atom. The van der Waals surface area contributed by atoms with E-state index in [0.717, 1.165) is 58.3 Å². The Labute approximate surface area is 169 Å². The quantitative estimate of drug-likeness (QED) is 0.841. The van der Waals surface area contributed by atoms with Crippen LogP contribution in [0.3, 0.4) is 0 Å². The van der Waals surface area contributed by atoms with Gasteiger partial charge in [0.1, 0.15) is 0 Å². The van der Waals surface area contributed by atoms with Crippen molar-refractivity contribution in [3.05, 3.63) is 34.9 Å². The van der Waals surface area contributed by atoms with Crippen molar-refractivity contribution >= 4 is 6.03 Å². The number of piperidine rings is 1. The summed E-state index contributed by atoms with van der Waals surface area (Å²) in [6.45, 7) is 8.07. The molecule has 4 rings (SSSR count). The number of urea groups is 1. The van der Waals surface area contributed by atoms with Crippen LogP contribution in [0.25, 0.3) is 0 Å². The van der Waals surface area contributed by atoms with Gasteiger partial charge in [-0.05, 0) is 76.1 Å². The number of nitrogens with one attached hydrogen (secondary N) is 1. The lowest BCUT2D eigenvalue weighted by molar-refractivity contribution is 0.00675. The lowest BCUT2D eigenvalue weighted by Gasteiger charge is -2.34. The molecule has 1 atom stereocenters. The maximum absolute atomic E-state index is 12.8. The van der Waals surface area contributed by atoms with Gasteiger partial charge in [-0.2, -0.15) is 0 Å². The van der Waals surface area contributed by atoms with Crippen molar-refractivity contribution in [2.75, 3.05) is 39.3 Å². The summed E-state index contributed by atoms with van der Waals surface area (Å²) in [4.78, 5) is 17.3. The SMILES string of the molecule is Cc1ccc2c(c1)C(NC(=O)N1CCC(OCCN3CCCC3)CC1)CCC2. The van der Waals surface area contributed by atoms with Crippen LogP contribution in [0.15, 0.2) is 18.2 Å². The Morgan fingerprint density at radius 1 is 1.11 bits per heavy atom. The van der Waals surface area contributed by atoms with Gasteiger partial charge in [0.05, 0.1) is 18.8 Å². The highest BCUT2D eigenvalue weighted by atomic mass is 16.5. The van der Waals surface area contributed by atoms with E-state index < -0.39 is 0 Å². The minimum Gasteiger partial charge on any atom is -0.377 e. The number of hydrogen-bond acceptors (Lipinski definition) is 3. The number of benzene rings is 1. The second-order valence-corrected chi connectivity index (χ2v) is 8.70. The molecule has 0 radical (unpaired) electrons. The van der Waals surface area contributed by atoms with Crippen LogP contribution < -0.4 is 5.32 Å². The van der Waals surface area contributed by atoms with Gasteiger partial charge in [0.25, 0.3) is 0 Å². The number of ether oxygens (including phenoxy) is 1. The summed E-state index contributed by atoms with van der Waals surface area (Å²) in [5.41, 5.74) is 3.98. The highest BCUT2D eigenvalue weighted by molar-refractivity contribution is 5.75. The Morgan fingerprint density at radius 2 is 1.89 bits per heavy atom. The fraction of sp³-hybridized carbons (Fsp3) is 0.696. The molecule has 0 spiro atoms. The number of hydrogen-bond donors (Lipinski definition) is 1. The molecule has 2 saturated heterocycles. The van der Waals surface area contributed by atoms with E-state index >= 15 is 0 Å². The van der Waals surface area contributed by atoms with Crippen LogP contribution in [0.1, 0.15) is 61.3 Å². The Hall–Kier alpha value is -1.59. The van der Waals surface area contributed by atoms with Crippen molar-refractivity contribution in [3.8, 4) is 0 Å². The molecule has 1 unspecified atom stereocenters. The molecule has 2 heterocycles. The number of carbonyl (C=O) groups excluding carboxylic acids is 1. The third kappa shape index (κ3) is 4.87. The normalized spacial score (nSPS) is 23.6. The number of fused-ring (bicyclic) bond motifs is 1. The summed E-state index contributed by atoms with van der Waals surface area (Å²) < 4.78 is 6.08. The smallest absolute Gasteiger partial charge is 0.317 e. The number of nitrogens with zero attached hydrogens (tertiary/aromatic N) is 2. The van der Waals surface area contributed by atoms with Gasteiger partial charge in [-0.25, -0.2) is 4.79 Å². The summed E-state index contributed by atoms with van der Waals surface area (Å²) >= 11 is 0. The largest absolute Gasteiger partial charge is 0.377 e. The van der Waals surface area contributed by atoms with E-state index in [9.17, 15) is 4.79 Å². The minimum atomic E-state index is 0.0925. The molecule has 5 heteroatoms. The first-order valence-corrected chi connectivity index (χ1v) is 11.2. The van der Waals surface area contributed by atoms with Crippen molar-refractivity contribution in [1.82, 2.24) is 15.1 Å². The predicted molar refractivity (Wildman–Crippen MR) is 112 cm³/mol. The van der Waals surface area contributed by atoms with Crippen LogP contribution in [-0.2, 0) is 11.2 Å². The monoisotopic (exact) mass is 385 g/mol. The van der Waals surface area contributed by atoms with Crippen LogP contribution in [0.5, 0.6) is 0 Å². The number of rotatable bonds is 5. The third-order valence-corrected chi connectivity index (χ3v) is 6.60. The molecule has 1 aliphatic carbocycles. The first-order chi connectivity index (χ1) is 13.7. The third-order valence-electron chi connectivity index (χ3n) is 6.60. The molecular weight excluding hydrogens is 350 g/mol. The van der Waals surface area contributed by atoms with Gasteiger partial charge in [0.15, 0.2) is 0 Å². The predicted octanol–water partition coefficient (Wildman–Crippen LogP) is 3.66. The number of carbonyl (C=O) groups is 1. The summed E-state index contributed by atoms with van der Waals surface area (Å²) in [5.74, 6) is 0. The molecule has 5 nitrogen and oxygen atoms in total. The molecular formula is C23H35N3O2. The molecule has 0 aromatic heterocycles. The summed E-state index contributed by atoms with van der Waals surface area (Å²) in [5, 5.41) is 3.31. The summed E-state index contributed by atoms with van der Waals surface area (Å²) in [6, 6.07) is 6.91. The lowest BCUT2D eigenvalue weighted by atomic mass is 9.87. The van der Waals surface area contributed by atoms with Crippen molar-refractivity contribution in [3.63, 3.8) is 0 Å². The van der Waals surface area contributed by atoms with Gasteiger partial charge < -0.3 is 19.9 Å². The maximum Gasteiger partial charge on any atom is 0.317 e. The van der Waals surface area contributed by atoms with Crippen LogP contribution >= 0.6 is 0 Å². The van der Waals surface area contributed by atoms with E-state index in [0.29, 0.717) is 6.10 Å². The van der Waals surface area contributed by atoms with Gasteiger partial charge in [-0.1, -0.05) is 23.8 Å². The van der Waals surface area contributed by atoms with Gasteiger partial charge in [-0.3, -0.25) is 0 Å². The average Bonchev–Trinajstić information content (AvgIpc) is 3.22. The van der Waals surface area contributed by atoms with Gasteiger partial charge in [-0.15, -0.1) is 0 Å². The van der Waals surface area contributed by atoms with Crippen LogP contribution in [0, 0.1) is 6.92 Å². The minimum absolute atomic E-state index is 0.0925. The van der Waals surface area contributed by atoms with Crippen LogP contribution in [0.4, 0.5) is 4.79 Å². The van der Waals surface area contributed by atoms with Crippen molar-refractivity contribution in [2.24, 2.45) is 0 Å². The lowest BCUT2D eigenvalue weighted by Crippen LogP contribution is -2.47. The van der Waals surface area contributed by atoms with Gasteiger partial charge in [0, 0.05) is 19.6 Å². The van der Waals surface area contributed by atoms with Crippen LogP contribution in [-0.4, -0.2) is 61.3 Å². The fourth-order valence-corrected chi connectivity index (χ4v) is 4.89. The molecule has 0 bridgehead atoms. The highest BCUT2D eigenvalue weighted by Gasteiger charge is 2.27. The molecule has 154 valence electrons. The fourth-order valence-electron chi connectivity index (χ4n) is 4.89. The molecule has 1 N–H and O–H groups in total. The zero-order valence-electron chi connectivity index (χ0n) is 17.3. The van der Waals surface area contributed by atoms with Crippen molar-refractivity contribution < 1.29 is 9.53 Å². The Kier molecular flexibility index (Phi) is 6.53. The zero-order valence-corrected chi connectivity index (χ0v) is 17.3. The summed E-state index contributed by atoms with van der Waals surface area (Å²) in [6.07, 6.45) is 8.19. The highest BCUT2D eigenvalue weighted by Crippen LogP contribution is 2.30. The summed E-state index contributed by atoms with van der Waals surface area (Å²) in [7, 11) is 0. The standard InChI is InChI=1S/C23H35N3O2/c1-18-7-8-19-5-4-6-22(21(19)17-18)24-23(27)26-13-9-20(10-14-26)28-16-15-25-11-2-3-12-25/h7-8,17,20,22H,2-6,9-16H2,1H3,(H,24,27). The van der Waals surface area contributed by atoms with E-state index in [1.807, 2.05) is 4.90 Å². The topological polar surface area (TPSA) is 44.8 Å². The number of amides is 2. The molecule has 2 aliphatic heterocycles. The Bertz CT molecular complexity index is 664. The second-order valence-electron chi connectivity index (χ2n) is 8.70. The van der Waals surface area contributed by atoms with E-state index in [1.165, 1.54) is 42.6 Å². The van der Waals surface area contributed by atoms with Gasteiger partial charge >= 0.3 is 6.03 Å². The van der Waals surface area contributed by atoms with Crippen LogP contribution in [0.2, 0.25) is 0 Å². The van der Waals surface area contributed by atoms with E-state index in [2.05, 4.69) is 35.3 Å². The Balaban J connectivity index is 1.22. The molecule has 1 aromatic rings. The maximum atomic E-state index is 12.8. The molecule has 1 aromatic carbocycles. The number of likely N-dealkylation sites (tertiary alicyclic amines) is 2. The second kappa shape index (κ2) is 9.27. The average molecular weight is 386 g/mol. The molecule has 3 aliphatic rings.